The molecule has 0 amide bonds. The number of aryl methyl sites for hydroxylation is 1. The van der Waals surface area contributed by atoms with Crippen LogP contribution in [-0.2, 0) is 6.42 Å². The van der Waals surface area contributed by atoms with E-state index in [0.717, 1.165) is 4.68 Å². The first-order chi connectivity index (χ1) is 5.90. The van der Waals surface area contributed by atoms with E-state index in [-0.39, 0.29) is 17.0 Å². The summed E-state index contributed by atoms with van der Waals surface area (Å²) in [6, 6.07) is 0. The Morgan fingerprint density at radius 1 is 1.54 bits per heavy atom. The molecule has 1 aromatic rings. The van der Waals surface area contributed by atoms with Crippen molar-refractivity contribution in [1.29, 1.82) is 0 Å². The topological polar surface area (TPSA) is 59.6 Å². The second kappa shape index (κ2) is 3.36. The zero-order valence-corrected chi connectivity index (χ0v) is 7.24. The SMILES string of the molecule is Nn1c(CCC(F)(F)F)n[nH]c1=S. The molecule has 1 rings (SSSR count). The van der Waals surface area contributed by atoms with E-state index < -0.39 is 12.6 Å². The van der Waals surface area contributed by atoms with Crippen molar-refractivity contribution in [2.24, 2.45) is 0 Å². The van der Waals surface area contributed by atoms with Crippen molar-refractivity contribution in [3.63, 3.8) is 0 Å². The summed E-state index contributed by atoms with van der Waals surface area (Å²) in [7, 11) is 0. The van der Waals surface area contributed by atoms with Crippen LogP contribution in [0.15, 0.2) is 0 Å². The first kappa shape index (κ1) is 10.0. The van der Waals surface area contributed by atoms with Gasteiger partial charge in [0.25, 0.3) is 0 Å². The Kier molecular flexibility index (Phi) is 2.60. The second-order valence-corrected chi connectivity index (χ2v) is 2.82. The molecule has 4 nitrogen and oxygen atoms in total. The van der Waals surface area contributed by atoms with Crippen LogP contribution in [-0.4, -0.2) is 21.0 Å². The molecule has 0 unspecified atom stereocenters. The molecule has 0 radical (unpaired) electrons. The van der Waals surface area contributed by atoms with Gasteiger partial charge in [-0.15, -0.1) is 0 Å². The number of alkyl halides is 3. The van der Waals surface area contributed by atoms with Gasteiger partial charge in [-0.25, -0.2) is 4.68 Å². The summed E-state index contributed by atoms with van der Waals surface area (Å²) in [6.07, 6.45) is -5.43. The zero-order chi connectivity index (χ0) is 10.1. The van der Waals surface area contributed by atoms with Gasteiger partial charge in [0.05, 0.1) is 6.42 Å². The monoisotopic (exact) mass is 212 g/mol. The number of nitrogens with two attached hydrogens (primary N) is 1. The van der Waals surface area contributed by atoms with Gasteiger partial charge in [-0.05, 0) is 12.2 Å². The average molecular weight is 212 g/mol. The lowest BCUT2D eigenvalue weighted by molar-refractivity contribution is -0.134. The molecule has 74 valence electrons. The lowest BCUT2D eigenvalue weighted by Gasteiger charge is -2.04. The van der Waals surface area contributed by atoms with E-state index in [1.54, 1.807) is 0 Å². The Hall–Kier alpha value is -1.05. The Balaban J connectivity index is 2.66. The summed E-state index contributed by atoms with van der Waals surface area (Å²) >= 11 is 4.62. The summed E-state index contributed by atoms with van der Waals surface area (Å²) in [5.74, 6) is 5.38. The molecule has 0 aliphatic heterocycles. The zero-order valence-electron chi connectivity index (χ0n) is 6.43. The molecule has 1 aromatic heterocycles. The summed E-state index contributed by atoms with van der Waals surface area (Å²) < 4.78 is 36.3. The number of nitrogen functional groups attached to an aromatic ring is 1. The van der Waals surface area contributed by atoms with Crippen LogP contribution in [0.4, 0.5) is 13.2 Å². The van der Waals surface area contributed by atoms with Crippen LogP contribution in [0.5, 0.6) is 0 Å². The number of hydrogen-bond donors (Lipinski definition) is 2. The fourth-order valence-electron chi connectivity index (χ4n) is 0.767. The summed E-state index contributed by atoms with van der Waals surface area (Å²) in [5, 5.41) is 5.84. The molecule has 0 fully saturated rings. The highest BCUT2D eigenvalue weighted by Crippen LogP contribution is 2.20. The minimum absolute atomic E-state index is 0.0994. The van der Waals surface area contributed by atoms with Gasteiger partial charge in [-0.3, -0.25) is 5.10 Å². The van der Waals surface area contributed by atoms with Crippen LogP contribution in [0.2, 0.25) is 0 Å². The van der Waals surface area contributed by atoms with Crippen molar-refractivity contribution in [1.82, 2.24) is 14.9 Å². The normalized spacial score (nSPS) is 11.9. The van der Waals surface area contributed by atoms with Crippen LogP contribution in [0, 0.1) is 4.77 Å². The van der Waals surface area contributed by atoms with Crippen molar-refractivity contribution in [3.05, 3.63) is 10.6 Å². The van der Waals surface area contributed by atoms with Gasteiger partial charge in [0.15, 0.2) is 5.82 Å². The summed E-state index contributed by atoms with van der Waals surface area (Å²) in [6.45, 7) is 0. The van der Waals surface area contributed by atoms with Crippen molar-refractivity contribution >= 4 is 12.2 Å². The molecule has 0 bridgehead atoms. The van der Waals surface area contributed by atoms with E-state index in [1.165, 1.54) is 0 Å². The van der Waals surface area contributed by atoms with Gasteiger partial charge < -0.3 is 5.84 Å². The van der Waals surface area contributed by atoms with Crippen LogP contribution < -0.4 is 5.84 Å². The van der Waals surface area contributed by atoms with Crippen LogP contribution >= 0.6 is 12.2 Å². The minimum atomic E-state index is -4.20. The average Bonchev–Trinajstić information content (AvgIpc) is 2.29. The lowest BCUT2D eigenvalue weighted by Crippen LogP contribution is -2.16. The van der Waals surface area contributed by atoms with Crippen molar-refractivity contribution in [2.45, 2.75) is 19.0 Å². The Bertz CT molecular complexity index is 338. The molecule has 0 aliphatic carbocycles. The van der Waals surface area contributed by atoms with E-state index >= 15 is 0 Å². The first-order valence-electron chi connectivity index (χ1n) is 3.38. The number of H-pyrrole nitrogens is 1. The molecule has 0 atom stereocenters. The maximum absolute atomic E-state index is 11.8. The molecule has 8 heteroatoms. The smallest absolute Gasteiger partial charge is 0.335 e. The number of nitrogens with zero attached hydrogens (tertiary/aromatic N) is 2. The molecule has 1 heterocycles. The first-order valence-corrected chi connectivity index (χ1v) is 3.79. The molecule has 0 spiro atoms. The van der Waals surface area contributed by atoms with Gasteiger partial charge >= 0.3 is 6.18 Å². The van der Waals surface area contributed by atoms with Gasteiger partial charge in [0.2, 0.25) is 4.77 Å². The van der Waals surface area contributed by atoms with Crippen molar-refractivity contribution in [2.75, 3.05) is 5.84 Å². The number of nitrogens with one attached hydrogen (secondary N) is 1. The quantitative estimate of drug-likeness (QED) is 0.571. The number of hydrogen-bond acceptors (Lipinski definition) is 3. The molecule has 13 heavy (non-hydrogen) atoms. The third-order valence-corrected chi connectivity index (χ3v) is 1.70. The van der Waals surface area contributed by atoms with E-state index in [0.29, 0.717) is 0 Å². The number of halogens is 3. The van der Waals surface area contributed by atoms with Crippen LogP contribution in [0.25, 0.3) is 0 Å². The maximum Gasteiger partial charge on any atom is 0.389 e. The number of aromatic amines is 1. The van der Waals surface area contributed by atoms with Crippen LogP contribution in [0.1, 0.15) is 12.2 Å². The van der Waals surface area contributed by atoms with Crippen LogP contribution in [0.3, 0.4) is 0 Å². The number of aromatic nitrogens is 3. The third-order valence-electron chi connectivity index (χ3n) is 1.41. The molecule has 0 saturated heterocycles. The standard InChI is InChI=1S/C5H7F3N4S/c6-5(7,8)2-1-3-10-11-4(13)12(3)9/h1-2,9H2,(H,11,13). The highest BCUT2D eigenvalue weighted by Gasteiger charge is 2.27. The van der Waals surface area contributed by atoms with Crippen molar-refractivity contribution in [3.8, 4) is 0 Å². The van der Waals surface area contributed by atoms with Crippen molar-refractivity contribution < 1.29 is 13.2 Å². The predicted molar refractivity (Wildman–Crippen MR) is 41.9 cm³/mol. The Morgan fingerprint density at radius 3 is 2.54 bits per heavy atom. The molecule has 0 aromatic carbocycles. The Labute approximate surface area is 76.5 Å². The van der Waals surface area contributed by atoms with Gasteiger partial charge in [0, 0.05) is 6.42 Å². The van der Waals surface area contributed by atoms with E-state index in [9.17, 15) is 13.2 Å². The van der Waals surface area contributed by atoms with Gasteiger partial charge in [-0.1, -0.05) is 0 Å². The largest absolute Gasteiger partial charge is 0.389 e. The third kappa shape index (κ3) is 2.72. The molecule has 3 N–H and O–H groups in total. The van der Waals surface area contributed by atoms with Gasteiger partial charge in [-0.2, -0.15) is 18.3 Å². The molecule has 0 aliphatic rings. The van der Waals surface area contributed by atoms with E-state index in [4.69, 9.17) is 5.84 Å². The summed E-state index contributed by atoms with van der Waals surface area (Å²) in [5.41, 5.74) is 0. The number of rotatable bonds is 2. The predicted octanol–water partition coefficient (Wildman–Crippen LogP) is 1.15. The summed E-state index contributed by atoms with van der Waals surface area (Å²) in [4.78, 5) is 0. The fraction of sp³-hybridized carbons (Fsp3) is 0.600. The Morgan fingerprint density at radius 2 is 2.15 bits per heavy atom. The molecular weight excluding hydrogens is 205 g/mol. The minimum Gasteiger partial charge on any atom is -0.335 e. The highest BCUT2D eigenvalue weighted by molar-refractivity contribution is 7.71. The molecular formula is C5H7F3N4S. The van der Waals surface area contributed by atoms with Gasteiger partial charge in [0.1, 0.15) is 0 Å². The molecule has 0 saturated carbocycles. The fourth-order valence-corrected chi connectivity index (χ4v) is 0.918. The van der Waals surface area contributed by atoms with E-state index in [1.807, 2.05) is 0 Å². The highest BCUT2D eigenvalue weighted by atomic mass is 32.1. The second-order valence-electron chi connectivity index (χ2n) is 2.43. The maximum atomic E-state index is 11.8. The lowest BCUT2D eigenvalue weighted by atomic mass is 10.3. The van der Waals surface area contributed by atoms with E-state index in [2.05, 4.69) is 22.4 Å².